The predicted molar refractivity (Wildman–Crippen MR) is 172 cm³/mol. The maximum absolute atomic E-state index is 10.6. The second-order valence-electron chi connectivity index (χ2n) is 13.3. The fourth-order valence-electron chi connectivity index (χ4n) is 6.53. The van der Waals surface area contributed by atoms with Gasteiger partial charge in [0.15, 0.2) is 0 Å². The number of aliphatic hydroxyl groups excluding tert-OH is 4. The topological polar surface area (TPSA) is 99.4 Å². The molecule has 0 bridgehead atoms. The van der Waals surface area contributed by atoms with Crippen LogP contribution in [0.3, 0.4) is 0 Å². The SMILES string of the molecule is C=C1O[C@@H](C)C=C1C[C@H](O)CCCCC[C@@H](O)CCCC[C@@H](O)[C@H]1CC[C@H]([C@H](O)CCCCCCCCCCCC)O1. The Kier molecular flexibility index (Phi) is 20.0. The average Bonchev–Trinajstić information content (AvgIpc) is 3.58. The molecule has 0 amide bonds. The minimum Gasteiger partial charge on any atom is -0.487 e. The minimum atomic E-state index is -0.491. The first-order valence-electron chi connectivity index (χ1n) is 17.7. The van der Waals surface area contributed by atoms with Crippen molar-refractivity contribution in [2.24, 2.45) is 0 Å². The quantitative estimate of drug-likeness (QED) is 0.0756. The third-order valence-corrected chi connectivity index (χ3v) is 9.24. The van der Waals surface area contributed by atoms with Crippen LogP contribution in [0.4, 0.5) is 0 Å². The third kappa shape index (κ3) is 16.2. The van der Waals surface area contributed by atoms with E-state index in [1.54, 1.807) is 0 Å². The lowest BCUT2D eigenvalue weighted by Crippen LogP contribution is -2.31. The summed E-state index contributed by atoms with van der Waals surface area (Å²) in [5.74, 6) is 0.686. The second kappa shape index (κ2) is 22.6. The van der Waals surface area contributed by atoms with Gasteiger partial charge < -0.3 is 29.9 Å². The van der Waals surface area contributed by atoms with E-state index < -0.39 is 12.2 Å². The summed E-state index contributed by atoms with van der Waals surface area (Å²) >= 11 is 0. The van der Waals surface area contributed by atoms with E-state index in [9.17, 15) is 20.4 Å². The van der Waals surface area contributed by atoms with Crippen molar-refractivity contribution >= 4 is 0 Å². The number of allylic oxidation sites excluding steroid dienone is 1. The van der Waals surface area contributed by atoms with Gasteiger partial charge in [0.05, 0.1) is 36.6 Å². The molecule has 0 aromatic heterocycles. The molecule has 0 aromatic rings. The monoisotopic (exact) mass is 594 g/mol. The summed E-state index contributed by atoms with van der Waals surface area (Å²) in [4.78, 5) is 0. The predicted octanol–water partition coefficient (Wildman–Crippen LogP) is 8.05. The van der Waals surface area contributed by atoms with E-state index in [4.69, 9.17) is 9.47 Å². The van der Waals surface area contributed by atoms with Crippen LogP contribution < -0.4 is 0 Å². The van der Waals surface area contributed by atoms with Crippen molar-refractivity contribution in [1.29, 1.82) is 0 Å². The smallest absolute Gasteiger partial charge is 0.116 e. The van der Waals surface area contributed by atoms with Gasteiger partial charge in [0.25, 0.3) is 0 Å². The van der Waals surface area contributed by atoms with Gasteiger partial charge in [-0.3, -0.25) is 0 Å². The molecule has 1 saturated heterocycles. The molecular formula is C36H66O6. The molecule has 0 spiro atoms. The van der Waals surface area contributed by atoms with E-state index in [0.717, 1.165) is 82.6 Å². The Morgan fingerprint density at radius 2 is 1.10 bits per heavy atom. The summed E-state index contributed by atoms with van der Waals surface area (Å²) in [6.07, 6.45) is 23.9. The summed E-state index contributed by atoms with van der Waals surface area (Å²) in [7, 11) is 0. The summed E-state index contributed by atoms with van der Waals surface area (Å²) in [5, 5.41) is 41.9. The normalized spacial score (nSPS) is 23.5. The number of rotatable bonds is 26. The minimum absolute atomic E-state index is 0.0517. The molecule has 0 aliphatic carbocycles. The highest BCUT2D eigenvalue weighted by molar-refractivity contribution is 5.29. The van der Waals surface area contributed by atoms with Gasteiger partial charge in [-0.15, -0.1) is 0 Å². The fraction of sp³-hybridized carbons (Fsp3) is 0.889. The lowest BCUT2D eigenvalue weighted by atomic mass is 9.98. The van der Waals surface area contributed by atoms with E-state index in [1.807, 2.05) is 13.0 Å². The van der Waals surface area contributed by atoms with Gasteiger partial charge in [0.2, 0.25) is 0 Å². The van der Waals surface area contributed by atoms with Crippen LogP contribution in [0.2, 0.25) is 0 Å². The molecule has 0 aromatic carbocycles. The largest absolute Gasteiger partial charge is 0.487 e. The Hall–Kier alpha value is -0.920. The van der Waals surface area contributed by atoms with E-state index in [0.29, 0.717) is 18.6 Å². The van der Waals surface area contributed by atoms with Crippen LogP contribution in [0.1, 0.15) is 162 Å². The van der Waals surface area contributed by atoms with Crippen molar-refractivity contribution in [2.45, 2.75) is 204 Å². The van der Waals surface area contributed by atoms with Crippen LogP contribution in [0, 0.1) is 0 Å². The van der Waals surface area contributed by atoms with Gasteiger partial charge in [0.1, 0.15) is 11.9 Å². The van der Waals surface area contributed by atoms with Gasteiger partial charge in [-0.25, -0.2) is 0 Å². The van der Waals surface area contributed by atoms with Crippen LogP contribution in [-0.2, 0) is 9.47 Å². The van der Waals surface area contributed by atoms with Crippen molar-refractivity contribution in [3.8, 4) is 0 Å². The summed E-state index contributed by atoms with van der Waals surface area (Å²) < 4.78 is 11.6. The molecule has 0 unspecified atom stereocenters. The Labute approximate surface area is 258 Å². The molecule has 0 radical (unpaired) electrons. The molecule has 1 fully saturated rings. The molecule has 6 nitrogen and oxygen atoms in total. The summed E-state index contributed by atoms with van der Waals surface area (Å²) in [6, 6.07) is 0. The van der Waals surface area contributed by atoms with Crippen LogP contribution in [-0.4, -0.2) is 63.2 Å². The van der Waals surface area contributed by atoms with E-state index in [-0.39, 0.29) is 30.5 Å². The number of hydrogen-bond acceptors (Lipinski definition) is 6. The highest BCUT2D eigenvalue weighted by Gasteiger charge is 2.34. The maximum Gasteiger partial charge on any atom is 0.116 e. The summed E-state index contributed by atoms with van der Waals surface area (Å²) in [6.45, 7) is 8.14. The zero-order valence-corrected chi connectivity index (χ0v) is 27.2. The molecule has 2 aliphatic heterocycles. The molecule has 6 heteroatoms. The first kappa shape index (κ1) is 37.3. The zero-order chi connectivity index (χ0) is 30.6. The Morgan fingerprint density at radius 3 is 1.62 bits per heavy atom. The van der Waals surface area contributed by atoms with Gasteiger partial charge in [-0.1, -0.05) is 110 Å². The lowest BCUT2D eigenvalue weighted by molar-refractivity contribution is -0.0786. The molecule has 2 aliphatic rings. The molecule has 42 heavy (non-hydrogen) atoms. The van der Waals surface area contributed by atoms with E-state index >= 15 is 0 Å². The zero-order valence-electron chi connectivity index (χ0n) is 27.2. The molecule has 7 atom stereocenters. The van der Waals surface area contributed by atoms with Crippen LogP contribution >= 0.6 is 0 Å². The Bertz CT molecular complexity index is 724. The maximum atomic E-state index is 10.6. The van der Waals surface area contributed by atoms with Gasteiger partial charge in [0, 0.05) is 6.42 Å². The highest BCUT2D eigenvalue weighted by atomic mass is 16.5. The van der Waals surface area contributed by atoms with Crippen molar-refractivity contribution in [3.05, 3.63) is 24.0 Å². The third-order valence-electron chi connectivity index (χ3n) is 9.24. The summed E-state index contributed by atoms with van der Waals surface area (Å²) in [5.41, 5.74) is 1.02. The van der Waals surface area contributed by atoms with Crippen LogP contribution in [0.15, 0.2) is 24.0 Å². The molecular weight excluding hydrogens is 528 g/mol. The molecule has 4 N–H and O–H groups in total. The number of unbranched alkanes of at least 4 members (excludes halogenated alkanes) is 12. The van der Waals surface area contributed by atoms with Gasteiger partial charge in [-0.05, 0) is 63.5 Å². The van der Waals surface area contributed by atoms with Crippen LogP contribution in [0.25, 0.3) is 0 Å². The van der Waals surface area contributed by atoms with Crippen molar-refractivity contribution in [1.82, 2.24) is 0 Å². The van der Waals surface area contributed by atoms with Crippen LogP contribution in [0.5, 0.6) is 0 Å². The lowest BCUT2D eigenvalue weighted by Gasteiger charge is -2.22. The molecule has 2 heterocycles. The molecule has 0 saturated carbocycles. The van der Waals surface area contributed by atoms with Crippen molar-refractivity contribution in [3.63, 3.8) is 0 Å². The number of ether oxygens (including phenoxy) is 2. The number of hydrogen-bond donors (Lipinski definition) is 4. The Balaban J connectivity index is 1.41. The van der Waals surface area contributed by atoms with Gasteiger partial charge in [-0.2, -0.15) is 0 Å². The molecule has 2 rings (SSSR count). The first-order valence-corrected chi connectivity index (χ1v) is 17.7. The highest BCUT2D eigenvalue weighted by Crippen LogP contribution is 2.29. The second-order valence-corrected chi connectivity index (χ2v) is 13.3. The number of aliphatic hydroxyl groups is 4. The van der Waals surface area contributed by atoms with Crippen molar-refractivity contribution < 1.29 is 29.9 Å². The van der Waals surface area contributed by atoms with E-state index in [2.05, 4.69) is 13.5 Å². The van der Waals surface area contributed by atoms with E-state index in [1.165, 1.54) is 57.8 Å². The van der Waals surface area contributed by atoms with Crippen molar-refractivity contribution in [2.75, 3.05) is 0 Å². The standard InChI is InChI=1S/C36H66O6/c1-4-5-6-7-8-9-10-11-12-16-22-33(39)35-24-25-36(42-35)34(40)23-18-17-20-31(37)19-14-13-15-21-32(38)27-30-26-28(2)41-29(30)3/h26,28,31-40H,3-25,27H2,1-2H3/t28-,31+,32+,33+,34+,35+,36+/m0/s1. The molecule has 246 valence electrons. The van der Waals surface area contributed by atoms with Gasteiger partial charge >= 0.3 is 0 Å². The fourth-order valence-corrected chi connectivity index (χ4v) is 6.53. The average molecular weight is 595 g/mol. The first-order chi connectivity index (χ1) is 20.3. The Morgan fingerprint density at radius 1 is 0.667 bits per heavy atom.